The Morgan fingerprint density at radius 1 is 1.15 bits per heavy atom. The highest BCUT2D eigenvalue weighted by Gasteiger charge is 2.24. The van der Waals surface area contributed by atoms with Crippen molar-refractivity contribution < 1.29 is 5.11 Å². The highest BCUT2D eigenvalue weighted by molar-refractivity contribution is 4.76. The molecule has 1 aliphatic rings. The lowest BCUT2D eigenvalue weighted by Crippen LogP contribution is -2.25. The number of aliphatic hydroxyl groups excluding tert-OH is 1. The second-order valence-corrected chi connectivity index (χ2v) is 4.55. The van der Waals surface area contributed by atoms with Gasteiger partial charge in [-0.05, 0) is 31.1 Å². The van der Waals surface area contributed by atoms with E-state index in [1.54, 1.807) is 0 Å². The first-order valence-electron chi connectivity index (χ1n) is 5.96. The van der Waals surface area contributed by atoms with Crippen molar-refractivity contribution in [1.29, 1.82) is 0 Å². The molecular formula is C12H24O. The first-order chi connectivity index (χ1) is 6.27. The van der Waals surface area contributed by atoms with Crippen LogP contribution in [0.5, 0.6) is 0 Å². The van der Waals surface area contributed by atoms with E-state index in [0.717, 1.165) is 12.3 Å². The molecule has 0 aromatic heterocycles. The van der Waals surface area contributed by atoms with E-state index in [4.69, 9.17) is 0 Å². The summed E-state index contributed by atoms with van der Waals surface area (Å²) in [7, 11) is 0. The summed E-state index contributed by atoms with van der Waals surface area (Å²) in [6.07, 6.45) is 8.87. The molecular weight excluding hydrogens is 160 g/mol. The van der Waals surface area contributed by atoms with Crippen LogP contribution in [0.4, 0.5) is 0 Å². The Kier molecular flexibility index (Phi) is 4.79. The van der Waals surface area contributed by atoms with Crippen LogP contribution >= 0.6 is 0 Å². The Morgan fingerprint density at radius 3 is 2.23 bits per heavy atom. The number of hydrogen-bond donors (Lipinski definition) is 1. The lowest BCUT2D eigenvalue weighted by atomic mass is 9.77. The minimum atomic E-state index is -0.0254. The Labute approximate surface area is 82.5 Å². The average Bonchev–Trinajstić information content (AvgIpc) is 2.18. The van der Waals surface area contributed by atoms with Gasteiger partial charge in [0.2, 0.25) is 0 Å². The lowest BCUT2D eigenvalue weighted by molar-refractivity contribution is 0.0696. The van der Waals surface area contributed by atoms with E-state index >= 15 is 0 Å². The van der Waals surface area contributed by atoms with Gasteiger partial charge in [0.1, 0.15) is 0 Å². The van der Waals surface area contributed by atoms with Crippen LogP contribution in [0.1, 0.15) is 58.8 Å². The summed E-state index contributed by atoms with van der Waals surface area (Å²) in [5, 5.41) is 9.70. The molecule has 1 nitrogen and oxygen atoms in total. The minimum Gasteiger partial charge on any atom is -0.393 e. The smallest absolute Gasteiger partial charge is 0.0565 e. The molecule has 1 atom stereocenters. The van der Waals surface area contributed by atoms with Gasteiger partial charge in [0.05, 0.1) is 6.10 Å². The third-order valence-electron chi connectivity index (χ3n) is 3.55. The summed E-state index contributed by atoms with van der Waals surface area (Å²) in [6, 6.07) is 0. The zero-order chi connectivity index (χ0) is 9.68. The van der Waals surface area contributed by atoms with E-state index in [-0.39, 0.29) is 6.10 Å². The molecule has 1 heteroatoms. The monoisotopic (exact) mass is 184 g/mol. The Hall–Kier alpha value is -0.0400. The van der Waals surface area contributed by atoms with Crippen molar-refractivity contribution in [3.63, 3.8) is 0 Å². The molecule has 1 aliphatic carbocycles. The first-order valence-corrected chi connectivity index (χ1v) is 5.96. The summed E-state index contributed by atoms with van der Waals surface area (Å²) in [4.78, 5) is 0. The molecule has 0 aromatic carbocycles. The van der Waals surface area contributed by atoms with Gasteiger partial charge in [-0.15, -0.1) is 0 Å². The van der Waals surface area contributed by atoms with E-state index in [9.17, 15) is 5.11 Å². The van der Waals surface area contributed by atoms with E-state index in [1.807, 2.05) is 0 Å². The highest BCUT2D eigenvalue weighted by Crippen LogP contribution is 2.33. The van der Waals surface area contributed by atoms with Crippen LogP contribution < -0.4 is 0 Å². The van der Waals surface area contributed by atoms with Crippen LogP contribution in [-0.4, -0.2) is 11.2 Å². The molecule has 0 unspecified atom stereocenters. The van der Waals surface area contributed by atoms with Gasteiger partial charge in [0.25, 0.3) is 0 Å². The summed E-state index contributed by atoms with van der Waals surface area (Å²) in [6.45, 7) is 4.36. The van der Waals surface area contributed by atoms with Gasteiger partial charge in [-0.2, -0.15) is 0 Å². The Bertz CT molecular complexity index is 125. The fraction of sp³-hybridized carbons (Fsp3) is 1.00. The molecule has 0 saturated heterocycles. The van der Waals surface area contributed by atoms with Gasteiger partial charge in [-0.1, -0.05) is 39.5 Å². The fourth-order valence-corrected chi connectivity index (χ4v) is 2.60. The zero-order valence-corrected chi connectivity index (χ0v) is 9.13. The molecule has 0 heterocycles. The zero-order valence-electron chi connectivity index (χ0n) is 9.13. The molecule has 0 spiro atoms. The van der Waals surface area contributed by atoms with Gasteiger partial charge in [-0.3, -0.25) is 0 Å². The predicted octanol–water partition coefficient (Wildman–Crippen LogP) is 3.36. The van der Waals surface area contributed by atoms with Crippen LogP contribution in [0.25, 0.3) is 0 Å². The van der Waals surface area contributed by atoms with Crippen molar-refractivity contribution >= 4 is 0 Å². The van der Waals surface area contributed by atoms with Crippen LogP contribution in [-0.2, 0) is 0 Å². The second kappa shape index (κ2) is 5.64. The van der Waals surface area contributed by atoms with Crippen molar-refractivity contribution in [2.24, 2.45) is 11.8 Å². The normalized spacial score (nSPS) is 31.6. The van der Waals surface area contributed by atoms with E-state index < -0.39 is 0 Å². The Morgan fingerprint density at radius 2 is 1.77 bits per heavy atom. The van der Waals surface area contributed by atoms with Crippen molar-refractivity contribution in [2.75, 3.05) is 0 Å². The second-order valence-electron chi connectivity index (χ2n) is 4.55. The van der Waals surface area contributed by atoms with Crippen LogP contribution in [0.2, 0.25) is 0 Å². The van der Waals surface area contributed by atoms with Gasteiger partial charge in [0, 0.05) is 0 Å². The Balaban J connectivity index is 2.22. The van der Waals surface area contributed by atoms with Crippen LogP contribution in [0.15, 0.2) is 0 Å². The largest absolute Gasteiger partial charge is 0.393 e. The van der Waals surface area contributed by atoms with Gasteiger partial charge < -0.3 is 5.11 Å². The molecule has 0 amide bonds. The summed E-state index contributed by atoms with van der Waals surface area (Å²) in [5.41, 5.74) is 0. The molecule has 1 N–H and O–H groups in total. The topological polar surface area (TPSA) is 20.2 Å². The van der Waals surface area contributed by atoms with E-state index in [0.29, 0.717) is 5.92 Å². The predicted molar refractivity (Wildman–Crippen MR) is 56.7 cm³/mol. The summed E-state index contributed by atoms with van der Waals surface area (Å²) in [5.74, 6) is 1.57. The molecule has 1 rings (SSSR count). The van der Waals surface area contributed by atoms with Crippen molar-refractivity contribution in [3.05, 3.63) is 0 Å². The molecule has 0 radical (unpaired) electrons. The fourth-order valence-electron chi connectivity index (χ4n) is 2.60. The van der Waals surface area contributed by atoms with Gasteiger partial charge >= 0.3 is 0 Å². The average molecular weight is 184 g/mol. The molecule has 0 aromatic rings. The number of aliphatic hydroxyl groups is 1. The molecule has 1 fully saturated rings. The first kappa shape index (κ1) is 11.0. The maximum Gasteiger partial charge on any atom is 0.0565 e. The third-order valence-corrected chi connectivity index (χ3v) is 3.55. The lowest BCUT2D eigenvalue weighted by Gasteiger charge is -2.30. The molecule has 0 bridgehead atoms. The standard InChI is InChI=1S/C12H24O/c1-3-5-10-6-8-11(9-7-10)12(13)4-2/h10-13H,3-9H2,1-2H3/t10?,11?,12-/m1/s1. The molecule has 13 heavy (non-hydrogen) atoms. The SMILES string of the molecule is CCCC1CCC([C@H](O)CC)CC1. The summed E-state index contributed by atoms with van der Waals surface area (Å²) >= 11 is 0. The van der Waals surface area contributed by atoms with Gasteiger partial charge in [0.15, 0.2) is 0 Å². The van der Waals surface area contributed by atoms with Crippen molar-refractivity contribution in [3.8, 4) is 0 Å². The summed E-state index contributed by atoms with van der Waals surface area (Å²) < 4.78 is 0. The maximum atomic E-state index is 9.70. The van der Waals surface area contributed by atoms with Crippen LogP contribution in [0.3, 0.4) is 0 Å². The molecule has 78 valence electrons. The third kappa shape index (κ3) is 3.30. The van der Waals surface area contributed by atoms with Gasteiger partial charge in [-0.25, -0.2) is 0 Å². The van der Waals surface area contributed by atoms with E-state index in [1.165, 1.54) is 38.5 Å². The van der Waals surface area contributed by atoms with Crippen molar-refractivity contribution in [2.45, 2.75) is 64.9 Å². The van der Waals surface area contributed by atoms with Crippen LogP contribution in [0, 0.1) is 11.8 Å². The highest BCUT2D eigenvalue weighted by atomic mass is 16.3. The van der Waals surface area contributed by atoms with Crippen molar-refractivity contribution in [1.82, 2.24) is 0 Å². The number of hydrogen-bond acceptors (Lipinski definition) is 1. The number of rotatable bonds is 4. The maximum absolute atomic E-state index is 9.70. The molecule has 0 aliphatic heterocycles. The minimum absolute atomic E-state index is 0.0254. The quantitative estimate of drug-likeness (QED) is 0.710. The van der Waals surface area contributed by atoms with E-state index in [2.05, 4.69) is 13.8 Å². The molecule has 1 saturated carbocycles.